The standard InChI is InChI=1S/C29H34N4O4S2Si/c1-40(2,3)21-9-12-27(34)37-29(19-7-8-20-39(29,35)36)26-18-17-25(38-26)22-13-15-23(16-14-22)28-30-32-33(31-28)24-10-5-4-6-11-24/h4-6,10-11,13-18H,7-9,12,19-21H2,1-3H3/t29-/m0/s1. The summed E-state index contributed by atoms with van der Waals surface area (Å²) in [6.07, 6.45) is 2.53. The lowest BCUT2D eigenvalue weighted by Crippen LogP contribution is -2.44. The number of aromatic nitrogens is 4. The Morgan fingerprint density at radius 3 is 2.42 bits per heavy atom. The SMILES string of the molecule is C[Si](C)(C)CCCC(=O)O[C@@]1(c2ccc(-c3ccc(-c4nnn(-c5ccccc5)n4)cc3)s2)CCCCS1(=O)=O. The predicted molar refractivity (Wildman–Crippen MR) is 161 cm³/mol. The molecule has 11 heteroatoms. The van der Waals surface area contributed by atoms with E-state index in [2.05, 4.69) is 35.1 Å². The van der Waals surface area contributed by atoms with Crippen LogP contribution in [0.1, 0.15) is 37.0 Å². The molecule has 2 aromatic heterocycles. The van der Waals surface area contributed by atoms with Gasteiger partial charge in [-0.3, -0.25) is 4.79 Å². The molecular weight excluding hydrogens is 561 g/mol. The Labute approximate surface area is 240 Å². The molecule has 40 heavy (non-hydrogen) atoms. The zero-order chi connectivity index (χ0) is 28.4. The van der Waals surface area contributed by atoms with Crippen LogP contribution < -0.4 is 0 Å². The van der Waals surface area contributed by atoms with Crippen LogP contribution in [0.3, 0.4) is 0 Å². The Kier molecular flexibility index (Phi) is 8.07. The van der Waals surface area contributed by atoms with Gasteiger partial charge in [-0.2, -0.15) is 0 Å². The summed E-state index contributed by atoms with van der Waals surface area (Å²) in [5, 5.41) is 12.8. The third-order valence-corrected chi connectivity index (χ3v) is 12.7. The first-order valence-corrected chi connectivity index (χ1v) is 19.7. The van der Waals surface area contributed by atoms with E-state index in [0.29, 0.717) is 23.5 Å². The van der Waals surface area contributed by atoms with Crippen LogP contribution in [0, 0.1) is 0 Å². The first-order valence-electron chi connectivity index (χ1n) is 13.6. The number of benzene rings is 2. The highest BCUT2D eigenvalue weighted by atomic mass is 32.2. The van der Waals surface area contributed by atoms with Gasteiger partial charge in [0.05, 0.1) is 16.3 Å². The lowest BCUT2D eigenvalue weighted by molar-refractivity contribution is -0.153. The smallest absolute Gasteiger partial charge is 0.307 e. The zero-order valence-electron chi connectivity index (χ0n) is 23.0. The van der Waals surface area contributed by atoms with Crippen molar-refractivity contribution in [1.82, 2.24) is 20.2 Å². The van der Waals surface area contributed by atoms with Gasteiger partial charge in [-0.25, -0.2) is 8.42 Å². The van der Waals surface area contributed by atoms with E-state index in [1.54, 1.807) is 6.07 Å². The van der Waals surface area contributed by atoms with Gasteiger partial charge in [-0.15, -0.1) is 26.3 Å². The highest BCUT2D eigenvalue weighted by Crippen LogP contribution is 2.46. The third kappa shape index (κ3) is 6.11. The Balaban J connectivity index is 1.36. The van der Waals surface area contributed by atoms with E-state index < -0.39 is 28.8 Å². The highest BCUT2D eigenvalue weighted by Gasteiger charge is 2.51. The van der Waals surface area contributed by atoms with Crippen LogP contribution in [0.5, 0.6) is 0 Å². The van der Waals surface area contributed by atoms with Gasteiger partial charge < -0.3 is 4.74 Å². The van der Waals surface area contributed by atoms with E-state index in [0.717, 1.165) is 34.2 Å². The van der Waals surface area contributed by atoms with Gasteiger partial charge in [-0.1, -0.05) is 68.1 Å². The highest BCUT2D eigenvalue weighted by molar-refractivity contribution is 7.92. The molecule has 1 atom stereocenters. The van der Waals surface area contributed by atoms with Gasteiger partial charge in [0.2, 0.25) is 10.8 Å². The average Bonchev–Trinajstić information content (AvgIpc) is 3.61. The molecule has 0 saturated carbocycles. The molecule has 1 saturated heterocycles. The number of rotatable bonds is 9. The first kappa shape index (κ1) is 28.4. The molecule has 2 aromatic carbocycles. The van der Waals surface area contributed by atoms with Crippen LogP contribution in [-0.2, 0) is 24.3 Å². The molecule has 0 bridgehead atoms. The molecule has 210 valence electrons. The normalized spacial score (nSPS) is 18.9. The third-order valence-electron chi connectivity index (χ3n) is 7.07. The lowest BCUT2D eigenvalue weighted by Gasteiger charge is -2.35. The molecule has 0 unspecified atom stereocenters. The number of thiophene rings is 1. The number of nitrogens with zero attached hydrogens (tertiary/aromatic N) is 4. The number of tetrazole rings is 1. The average molecular weight is 595 g/mol. The van der Waals surface area contributed by atoms with Crippen LogP contribution in [0.4, 0.5) is 0 Å². The number of ether oxygens (including phenoxy) is 1. The Hall–Kier alpha value is -3.15. The number of hydrogen-bond donors (Lipinski definition) is 0. The van der Waals surface area contributed by atoms with Crippen LogP contribution >= 0.6 is 11.3 Å². The summed E-state index contributed by atoms with van der Waals surface area (Å²) < 4.78 is 32.8. The van der Waals surface area contributed by atoms with Crippen molar-refractivity contribution in [2.75, 3.05) is 5.75 Å². The Bertz CT molecular complexity index is 1580. The molecule has 1 fully saturated rings. The number of sulfone groups is 1. The van der Waals surface area contributed by atoms with Crippen molar-refractivity contribution in [2.24, 2.45) is 0 Å². The maximum Gasteiger partial charge on any atom is 0.307 e. The van der Waals surface area contributed by atoms with Gasteiger partial charge in [0.15, 0.2) is 9.84 Å². The molecule has 0 aliphatic carbocycles. The summed E-state index contributed by atoms with van der Waals surface area (Å²) in [6, 6.07) is 22.1. The van der Waals surface area contributed by atoms with Gasteiger partial charge >= 0.3 is 5.97 Å². The van der Waals surface area contributed by atoms with Crippen molar-refractivity contribution in [2.45, 2.75) is 62.7 Å². The molecule has 0 amide bonds. The van der Waals surface area contributed by atoms with Crippen LogP contribution in [-0.4, -0.2) is 48.4 Å². The van der Waals surface area contributed by atoms with Crippen LogP contribution in [0.25, 0.3) is 27.5 Å². The molecule has 8 nitrogen and oxygen atoms in total. The second kappa shape index (κ2) is 11.4. The summed E-state index contributed by atoms with van der Waals surface area (Å²) in [5.74, 6) is 0.1000. The number of para-hydroxylation sites is 1. The minimum atomic E-state index is -3.67. The van der Waals surface area contributed by atoms with Gasteiger partial charge in [-0.05, 0) is 54.3 Å². The fourth-order valence-electron chi connectivity index (χ4n) is 4.89. The second-order valence-electron chi connectivity index (χ2n) is 11.4. The monoisotopic (exact) mass is 594 g/mol. The Morgan fingerprint density at radius 1 is 1.00 bits per heavy atom. The van der Waals surface area contributed by atoms with Crippen molar-refractivity contribution in [3.8, 4) is 27.5 Å². The summed E-state index contributed by atoms with van der Waals surface area (Å²) in [5.41, 5.74) is 2.58. The van der Waals surface area contributed by atoms with E-state index >= 15 is 0 Å². The van der Waals surface area contributed by atoms with Crippen LogP contribution in [0.2, 0.25) is 25.7 Å². The summed E-state index contributed by atoms with van der Waals surface area (Å²) in [6.45, 7) is 6.78. The fraction of sp³-hybridized carbons (Fsp3) is 0.379. The fourth-order valence-corrected chi connectivity index (χ4v) is 9.66. The van der Waals surface area contributed by atoms with Crippen molar-refractivity contribution >= 4 is 35.2 Å². The molecule has 0 N–H and O–H groups in total. The summed E-state index contributed by atoms with van der Waals surface area (Å²) >= 11 is 1.37. The quantitative estimate of drug-likeness (QED) is 0.162. The van der Waals surface area contributed by atoms with E-state index in [1.165, 1.54) is 16.1 Å². The molecule has 4 aromatic rings. The van der Waals surface area contributed by atoms with E-state index in [9.17, 15) is 13.2 Å². The van der Waals surface area contributed by atoms with E-state index in [1.807, 2.05) is 60.7 Å². The maximum atomic E-state index is 13.4. The van der Waals surface area contributed by atoms with Crippen molar-refractivity contribution in [1.29, 1.82) is 0 Å². The molecule has 1 aliphatic rings. The molecule has 1 aliphatic heterocycles. The number of carbonyl (C=O) groups is 1. The molecular formula is C29H34N4O4S2Si. The van der Waals surface area contributed by atoms with E-state index in [-0.39, 0.29) is 18.6 Å². The van der Waals surface area contributed by atoms with Gasteiger partial charge in [0.1, 0.15) is 0 Å². The van der Waals surface area contributed by atoms with Crippen molar-refractivity contribution < 1.29 is 17.9 Å². The largest absolute Gasteiger partial charge is 0.437 e. The number of esters is 1. The topological polar surface area (TPSA) is 104 Å². The van der Waals surface area contributed by atoms with Gasteiger partial charge in [0, 0.05) is 31.4 Å². The predicted octanol–water partition coefficient (Wildman–Crippen LogP) is 6.47. The second-order valence-corrected chi connectivity index (χ2v) is 20.4. The molecule has 5 rings (SSSR count). The maximum absolute atomic E-state index is 13.4. The number of carbonyl (C=O) groups excluding carboxylic acids is 1. The molecule has 0 spiro atoms. The van der Waals surface area contributed by atoms with Gasteiger partial charge in [0.25, 0.3) is 0 Å². The zero-order valence-corrected chi connectivity index (χ0v) is 25.7. The van der Waals surface area contributed by atoms with Crippen LogP contribution in [0.15, 0.2) is 66.7 Å². The van der Waals surface area contributed by atoms with Crippen molar-refractivity contribution in [3.63, 3.8) is 0 Å². The Morgan fingerprint density at radius 2 is 1.73 bits per heavy atom. The summed E-state index contributed by atoms with van der Waals surface area (Å²) in [4.78, 5) is 14.3. The minimum Gasteiger partial charge on any atom is -0.437 e. The van der Waals surface area contributed by atoms with E-state index in [4.69, 9.17) is 4.74 Å². The number of hydrogen-bond acceptors (Lipinski definition) is 8. The summed E-state index contributed by atoms with van der Waals surface area (Å²) in [7, 11) is -4.97. The molecule has 3 heterocycles. The minimum absolute atomic E-state index is 0.0216. The first-order chi connectivity index (χ1) is 19.1. The van der Waals surface area contributed by atoms with Crippen molar-refractivity contribution in [3.05, 3.63) is 71.6 Å². The molecule has 0 radical (unpaired) electrons. The lowest BCUT2D eigenvalue weighted by atomic mass is 10.1.